The molecule has 0 aromatic heterocycles. The van der Waals surface area contributed by atoms with E-state index in [9.17, 15) is 0 Å². The molecule has 1 N–H and O–H groups in total. The molecule has 0 aromatic carbocycles. The van der Waals surface area contributed by atoms with Crippen LogP contribution in [-0.2, 0) is 0 Å². The molecule has 122 valence electrons. The van der Waals surface area contributed by atoms with Crippen LogP contribution in [0, 0.1) is 11.8 Å². The maximum absolute atomic E-state index is 3.90. The van der Waals surface area contributed by atoms with Crippen molar-refractivity contribution < 1.29 is 0 Å². The summed E-state index contributed by atoms with van der Waals surface area (Å²) in [6.45, 7) is 7.28. The van der Waals surface area contributed by atoms with Gasteiger partial charge in [0, 0.05) is 24.7 Å². The molecule has 0 saturated heterocycles. The van der Waals surface area contributed by atoms with Crippen LogP contribution in [-0.4, -0.2) is 36.1 Å². The highest BCUT2D eigenvalue weighted by molar-refractivity contribution is 4.98. The van der Waals surface area contributed by atoms with Gasteiger partial charge in [-0.1, -0.05) is 26.7 Å². The van der Waals surface area contributed by atoms with E-state index in [0.717, 1.165) is 30.0 Å². The van der Waals surface area contributed by atoms with E-state index in [1.165, 1.54) is 77.3 Å². The molecule has 2 heteroatoms. The van der Waals surface area contributed by atoms with E-state index in [-0.39, 0.29) is 0 Å². The van der Waals surface area contributed by atoms with E-state index >= 15 is 0 Å². The largest absolute Gasteiger partial charge is 0.312 e. The molecular formula is C19H36N2. The molecule has 0 heterocycles. The lowest BCUT2D eigenvalue weighted by atomic mass is 9.79. The summed E-state index contributed by atoms with van der Waals surface area (Å²) >= 11 is 0. The highest BCUT2D eigenvalue weighted by atomic mass is 15.2. The molecule has 0 aromatic rings. The number of nitrogens with zero attached hydrogens (tertiary/aromatic N) is 1. The summed E-state index contributed by atoms with van der Waals surface area (Å²) < 4.78 is 0. The van der Waals surface area contributed by atoms with Crippen molar-refractivity contribution in [3.05, 3.63) is 0 Å². The van der Waals surface area contributed by atoms with Crippen LogP contribution in [0.4, 0.5) is 0 Å². The zero-order chi connectivity index (χ0) is 14.7. The highest BCUT2D eigenvalue weighted by Crippen LogP contribution is 2.40. The Kier molecular flexibility index (Phi) is 5.61. The maximum Gasteiger partial charge on any atom is 0.0255 e. The van der Waals surface area contributed by atoms with Gasteiger partial charge in [0.05, 0.1) is 0 Å². The minimum Gasteiger partial charge on any atom is -0.312 e. The quantitative estimate of drug-likeness (QED) is 0.685. The third kappa shape index (κ3) is 4.45. The Labute approximate surface area is 132 Å². The fourth-order valence-electron chi connectivity index (χ4n) is 4.40. The SMILES string of the molecule is CCCNC1CCC(CCC)CC1N(CC1CC1)C1CC1. The van der Waals surface area contributed by atoms with Crippen LogP contribution in [0.25, 0.3) is 0 Å². The first-order valence-corrected chi connectivity index (χ1v) is 9.80. The molecule has 3 unspecified atom stereocenters. The molecule has 0 aliphatic heterocycles. The standard InChI is InChI=1S/C19H36N2/c1-3-5-15-8-11-18(20-12-4-2)19(13-15)21(17-9-10-17)14-16-6-7-16/h15-20H,3-14H2,1-2H3. The fraction of sp³-hybridized carbons (Fsp3) is 1.00. The molecule has 0 bridgehead atoms. The zero-order valence-electron chi connectivity index (χ0n) is 14.3. The first kappa shape index (κ1) is 15.8. The van der Waals surface area contributed by atoms with Gasteiger partial charge >= 0.3 is 0 Å². The van der Waals surface area contributed by atoms with Gasteiger partial charge in [0.1, 0.15) is 0 Å². The van der Waals surface area contributed by atoms with Crippen molar-refractivity contribution in [1.82, 2.24) is 10.2 Å². The average molecular weight is 293 g/mol. The van der Waals surface area contributed by atoms with E-state index in [2.05, 4.69) is 24.1 Å². The zero-order valence-corrected chi connectivity index (χ0v) is 14.3. The minimum absolute atomic E-state index is 0.775. The van der Waals surface area contributed by atoms with E-state index in [0.29, 0.717) is 0 Å². The van der Waals surface area contributed by atoms with E-state index in [1.807, 2.05) is 0 Å². The Bertz CT molecular complexity index is 309. The van der Waals surface area contributed by atoms with Crippen LogP contribution in [0.5, 0.6) is 0 Å². The summed E-state index contributed by atoms with van der Waals surface area (Å²) in [5, 5.41) is 3.90. The van der Waals surface area contributed by atoms with Gasteiger partial charge in [-0.05, 0) is 69.7 Å². The molecule has 3 rings (SSSR count). The Morgan fingerprint density at radius 2 is 1.67 bits per heavy atom. The monoisotopic (exact) mass is 292 g/mol. The average Bonchev–Trinajstić information content (AvgIpc) is 3.37. The molecular weight excluding hydrogens is 256 g/mol. The van der Waals surface area contributed by atoms with Crippen LogP contribution < -0.4 is 5.32 Å². The van der Waals surface area contributed by atoms with E-state index in [1.54, 1.807) is 0 Å². The van der Waals surface area contributed by atoms with Crippen LogP contribution >= 0.6 is 0 Å². The Balaban J connectivity index is 1.64. The summed E-state index contributed by atoms with van der Waals surface area (Å²) in [5.41, 5.74) is 0. The van der Waals surface area contributed by atoms with E-state index in [4.69, 9.17) is 0 Å². The topological polar surface area (TPSA) is 15.3 Å². The van der Waals surface area contributed by atoms with Gasteiger partial charge in [-0.25, -0.2) is 0 Å². The summed E-state index contributed by atoms with van der Waals surface area (Å²) in [6.07, 6.45) is 14.4. The van der Waals surface area contributed by atoms with Crippen molar-refractivity contribution in [2.75, 3.05) is 13.1 Å². The maximum atomic E-state index is 3.90. The molecule has 21 heavy (non-hydrogen) atoms. The van der Waals surface area contributed by atoms with Gasteiger partial charge in [0.2, 0.25) is 0 Å². The predicted octanol–water partition coefficient (Wildman–Crippen LogP) is 4.20. The molecule has 3 aliphatic carbocycles. The molecule has 3 saturated carbocycles. The lowest BCUT2D eigenvalue weighted by molar-refractivity contribution is 0.0827. The van der Waals surface area contributed by atoms with Gasteiger partial charge < -0.3 is 5.32 Å². The molecule has 2 nitrogen and oxygen atoms in total. The van der Waals surface area contributed by atoms with Crippen LogP contribution in [0.2, 0.25) is 0 Å². The van der Waals surface area contributed by atoms with Gasteiger partial charge in [-0.15, -0.1) is 0 Å². The number of hydrogen-bond acceptors (Lipinski definition) is 2. The Hall–Kier alpha value is -0.0800. The van der Waals surface area contributed by atoms with Crippen LogP contribution in [0.15, 0.2) is 0 Å². The van der Waals surface area contributed by atoms with Crippen LogP contribution in [0.1, 0.15) is 78.1 Å². The van der Waals surface area contributed by atoms with E-state index < -0.39 is 0 Å². The highest BCUT2D eigenvalue weighted by Gasteiger charge is 2.42. The first-order chi connectivity index (χ1) is 10.3. The second-order valence-electron chi connectivity index (χ2n) is 7.97. The summed E-state index contributed by atoms with van der Waals surface area (Å²) in [5.74, 6) is 2.05. The number of rotatable bonds is 9. The minimum atomic E-state index is 0.775. The van der Waals surface area contributed by atoms with Crippen LogP contribution in [0.3, 0.4) is 0 Å². The van der Waals surface area contributed by atoms with Crippen molar-refractivity contribution in [2.24, 2.45) is 11.8 Å². The van der Waals surface area contributed by atoms with Crippen molar-refractivity contribution >= 4 is 0 Å². The molecule has 0 spiro atoms. The predicted molar refractivity (Wildman–Crippen MR) is 90.6 cm³/mol. The van der Waals surface area contributed by atoms with Crippen molar-refractivity contribution in [3.63, 3.8) is 0 Å². The van der Waals surface area contributed by atoms with Gasteiger partial charge in [-0.2, -0.15) is 0 Å². The number of hydrogen-bond donors (Lipinski definition) is 1. The third-order valence-electron chi connectivity index (χ3n) is 5.89. The number of nitrogens with one attached hydrogen (secondary N) is 1. The van der Waals surface area contributed by atoms with Gasteiger partial charge in [-0.3, -0.25) is 4.90 Å². The molecule has 3 aliphatic rings. The summed E-state index contributed by atoms with van der Waals surface area (Å²) in [6, 6.07) is 2.56. The van der Waals surface area contributed by atoms with Gasteiger partial charge in [0.15, 0.2) is 0 Å². The fourth-order valence-corrected chi connectivity index (χ4v) is 4.40. The Morgan fingerprint density at radius 3 is 2.29 bits per heavy atom. The second kappa shape index (κ2) is 7.46. The lowest BCUT2D eigenvalue weighted by Crippen LogP contribution is -2.54. The first-order valence-electron chi connectivity index (χ1n) is 9.80. The molecule has 0 amide bonds. The van der Waals surface area contributed by atoms with Crippen molar-refractivity contribution in [3.8, 4) is 0 Å². The third-order valence-corrected chi connectivity index (χ3v) is 5.89. The Morgan fingerprint density at radius 1 is 0.905 bits per heavy atom. The normalized spacial score (nSPS) is 33.6. The van der Waals surface area contributed by atoms with Gasteiger partial charge in [0.25, 0.3) is 0 Å². The summed E-state index contributed by atoms with van der Waals surface area (Å²) in [4.78, 5) is 2.97. The lowest BCUT2D eigenvalue weighted by Gasteiger charge is -2.44. The second-order valence-corrected chi connectivity index (χ2v) is 7.97. The smallest absolute Gasteiger partial charge is 0.0255 e. The molecule has 3 fully saturated rings. The summed E-state index contributed by atoms with van der Waals surface area (Å²) in [7, 11) is 0. The molecule has 0 radical (unpaired) electrons. The molecule has 3 atom stereocenters. The van der Waals surface area contributed by atoms with Crippen molar-refractivity contribution in [2.45, 2.75) is 96.2 Å². The van der Waals surface area contributed by atoms with Crippen molar-refractivity contribution in [1.29, 1.82) is 0 Å².